The number of benzene rings is 1. The molecule has 0 aromatic heterocycles. The van der Waals surface area contributed by atoms with E-state index >= 15 is 0 Å². The zero-order chi connectivity index (χ0) is 14.4. The normalized spacial score (nSPS) is 19.4. The highest BCUT2D eigenvalue weighted by Gasteiger charge is 2.25. The molecule has 1 aliphatic heterocycles. The third-order valence-corrected chi connectivity index (χ3v) is 3.92. The van der Waals surface area contributed by atoms with Crippen molar-refractivity contribution < 1.29 is 14.3 Å². The van der Waals surface area contributed by atoms with Crippen molar-refractivity contribution in [3.05, 3.63) is 35.6 Å². The Hall–Kier alpha value is -1.26. The molecule has 1 unspecified atom stereocenters. The molecule has 1 N–H and O–H groups in total. The summed E-state index contributed by atoms with van der Waals surface area (Å²) in [5, 5.41) is 8.89. The number of aliphatic hydroxyl groups is 1. The van der Waals surface area contributed by atoms with E-state index in [4.69, 9.17) is 5.11 Å². The first-order valence-corrected chi connectivity index (χ1v) is 7.30. The second-order valence-electron chi connectivity index (χ2n) is 5.44. The smallest absolute Gasteiger partial charge is 0.151 e. The van der Waals surface area contributed by atoms with Crippen molar-refractivity contribution in [1.82, 2.24) is 4.90 Å². The molecule has 0 amide bonds. The fourth-order valence-electron chi connectivity index (χ4n) is 2.89. The Morgan fingerprint density at radius 1 is 1.40 bits per heavy atom. The number of Topliss-reactive ketones (excluding diaryl/α,β-unsaturated/α-hetero) is 1. The molecule has 4 heteroatoms. The number of carbonyl (C=O) groups excluding carboxylic acids is 1. The van der Waals surface area contributed by atoms with Crippen molar-refractivity contribution in [2.75, 3.05) is 19.7 Å². The number of hydrogen-bond donors (Lipinski definition) is 1. The van der Waals surface area contributed by atoms with Gasteiger partial charge < -0.3 is 5.11 Å². The summed E-state index contributed by atoms with van der Waals surface area (Å²) in [5.41, 5.74) is 0.476. The van der Waals surface area contributed by atoms with Gasteiger partial charge in [0.05, 0.1) is 6.54 Å². The summed E-state index contributed by atoms with van der Waals surface area (Å²) in [6, 6.07) is 6.84. The molecule has 0 spiro atoms. The number of nitrogens with zero attached hydrogens (tertiary/aromatic N) is 1. The van der Waals surface area contributed by atoms with E-state index in [1.54, 1.807) is 18.2 Å². The van der Waals surface area contributed by atoms with Crippen LogP contribution in [0.15, 0.2) is 24.3 Å². The zero-order valence-corrected chi connectivity index (χ0v) is 11.7. The molecule has 0 aliphatic carbocycles. The van der Waals surface area contributed by atoms with Crippen LogP contribution in [0.1, 0.15) is 31.2 Å². The first-order chi connectivity index (χ1) is 9.70. The van der Waals surface area contributed by atoms with Crippen molar-refractivity contribution in [3.63, 3.8) is 0 Å². The number of aliphatic hydroxyl groups excluding tert-OH is 1. The molecule has 0 saturated carbocycles. The topological polar surface area (TPSA) is 40.5 Å². The molecule has 1 atom stereocenters. The maximum Gasteiger partial charge on any atom is 0.151 e. The highest BCUT2D eigenvalue weighted by atomic mass is 19.1. The van der Waals surface area contributed by atoms with Gasteiger partial charge in [0.25, 0.3) is 0 Å². The van der Waals surface area contributed by atoms with E-state index in [1.807, 2.05) is 0 Å². The van der Waals surface area contributed by atoms with Crippen molar-refractivity contribution in [2.45, 2.75) is 38.1 Å². The van der Waals surface area contributed by atoms with Gasteiger partial charge in [0, 0.05) is 19.1 Å². The van der Waals surface area contributed by atoms with Crippen LogP contribution in [0.3, 0.4) is 0 Å². The zero-order valence-electron chi connectivity index (χ0n) is 11.7. The van der Waals surface area contributed by atoms with Crippen LogP contribution in [-0.2, 0) is 11.2 Å². The second-order valence-corrected chi connectivity index (χ2v) is 5.44. The van der Waals surface area contributed by atoms with Gasteiger partial charge in [0.15, 0.2) is 5.78 Å². The van der Waals surface area contributed by atoms with Crippen molar-refractivity contribution in [3.8, 4) is 0 Å². The quantitative estimate of drug-likeness (QED) is 0.831. The molecule has 1 fully saturated rings. The number of ketones is 1. The van der Waals surface area contributed by atoms with Crippen LogP contribution in [0, 0.1) is 5.82 Å². The molecule has 1 aromatic rings. The van der Waals surface area contributed by atoms with Crippen LogP contribution < -0.4 is 0 Å². The monoisotopic (exact) mass is 279 g/mol. The maximum absolute atomic E-state index is 13.5. The molecule has 0 bridgehead atoms. The summed E-state index contributed by atoms with van der Waals surface area (Å²) < 4.78 is 13.5. The molecule has 20 heavy (non-hydrogen) atoms. The average Bonchev–Trinajstić information content (AvgIpc) is 2.86. The fraction of sp³-hybridized carbons (Fsp3) is 0.562. The lowest BCUT2D eigenvalue weighted by Crippen LogP contribution is -2.35. The minimum Gasteiger partial charge on any atom is -0.396 e. The minimum atomic E-state index is -0.306. The highest BCUT2D eigenvalue weighted by Crippen LogP contribution is 2.21. The fourth-order valence-corrected chi connectivity index (χ4v) is 2.89. The standard InChI is InChI=1S/C16H22FNO2/c17-16-8-2-1-5-13(16)11-15(20)12-18-9-3-6-14(18)7-4-10-19/h1-2,5,8,14,19H,3-4,6-7,9-12H2. The van der Waals surface area contributed by atoms with Gasteiger partial charge in [0.2, 0.25) is 0 Å². The Labute approximate surface area is 119 Å². The Balaban J connectivity index is 1.86. The number of rotatable bonds is 7. The van der Waals surface area contributed by atoms with Crippen molar-refractivity contribution >= 4 is 5.78 Å². The first kappa shape index (κ1) is 15.1. The Morgan fingerprint density at radius 3 is 2.95 bits per heavy atom. The van der Waals surface area contributed by atoms with Crippen LogP contribution in [0.2, 0.25) is 0 Å². The number of hydrogen-bond acceptors (Lipinski definition) is 3. The molecule has 1 heterocycles. The van der Waals surface area contributed by atoms with E-state index in [1.165, 1.54) is 6.07 Å². The largest absolute Gasteiger partial charge is 0.396 e. The molecule has 2 rings (SSSR count). The lowest BCUT2D eigenvalue weighted by atomic mass is 10.1. The van der Waals surface area contributed by atoms with E-state index < -0.39 is 0 Å². The van der Waals surface area contributed by atoms with Gasteiger partial charge >= 0.3 is 0 Å². The van der Waals surface area contributed by atoms with Crippen molar-refractivity contribution in [1.29, 1.82) is 0 Å². The van der Waals surface area contributed by atoms with E-state index in [9.17, 15) is 9.18 Å². The highest BCUT2D eigenvalue weighted by molar-refractivity contribution is 5.82. The summed E-state index contributed by atoms with van der Waals surface area (Å²) in [4.78, 5) is 14.3. The SMILES string of the molecule is O=C(Cc1ccccc1F)CN1CCCC1CCCO. The summed E-state index contributed by atoms with van der Waals surface area (Å²) in [7, 11) is 0. The number of likely N-dealkylation sites (tertiary alicyclic amines) is 1. The van der Waals surface area contributed by atoms with Gasteiger partial charge in [-0.05, 0) is 43.9 Å². The Kier molecular flexibility index (Phi) is 5.68. The second kappa shape index (κ2) is 7.50. The third kappa shape index (κ3) is 4.12. The van der Waals surface area contributed by atoms with E-state index in [2.05, 4.69) is 4.90 Å². The summed E-state index contributed by atoms with van der Waals surface area (Å²) >= 11 is 0. The van der Waals surface area contributed by atoms with Crippen LogP contribution in [0.5, 0.6) is 0 Å². The van der Waals surface area contributed by atoms with Crippen LogP contribution in [-0.4, -0.2) is 41.5 Å². The van der Waals surface area contributed by atoms with E-state index in [0.717, 1.165) is 32.2 Å². The van der Waals surface area contributed by atoms with Crippen LogP contribution in [0.25, 0.3) is 0 Å². The Morgan fingerprint density at radius 2 is 2.20 bits per heavy atom. The molecule has 0 radical (unpaired) electrons. The molecular formula is C16H22FNO2. The van der Waals surface area contributed by atoms with Crippen molar-refractivity contribution in [2.24, 2.45) is 0 Å². The third-order valence-electron chi connectivity index (χ3n) is 3.92. The predicted molar refractivity (Wildman–Crippen MR) is 76.0 cm³/mol. The average molecular weight is 279 g/mol. The number of carbonyl (C=O) groups is 1. The Bertz CT molecular complexity index is 450. The van der Waals surface area contributed by atoms with Gasteiger partial charge in [0.1, 0.15) is 5.82 Å². The van der Waals surface area contributed by atoms with Crippen LogP contribution in [0.4, 0.5) is 4.39 Å². The molecule has 1 saturated heterocycles. The minimum absolute atomic E-state index is 0.0611. The van der Waals surface area contributed by atoms with Gasteiger partial charge in [-0.15, -0.1) is 0 Å². The lowest BCUT2D eigenvalue weighted by molar-refractivity contribution is -0.119. The maximum atomic E-state index is 13.5. The first-order valence-electron chi connectivity index (χ1n) is 7.30. The van der Waals surface area contributed by atoms with E-state index in [-0.39, 0.29) is 24.6 Å². The summed E-state index contributed by atoms with van der Waals surface area (Å²) in [6.45, 7) is 1.52. The molecule has 110 valence electrons. The molecule has 1 aromatic carbocycles. The van der Waals surface area contributed by atoms with Crippen LogP contribution >= 0.6 is 0 Å². The summed E-state index contributed by atoms with van der Waals surface area (Å²) in [6.07, 6.45) is 4.07. The molecule has 3 nitrogen and oxygen atoms in total. The van der Waals surface area contributed by atoms with Gasteiger partial charge in [-0.1, -0.05) is 18.2 Å². The van der Waals surface area contributed by atoms with Gasteiger partial charge in [-0.2, -0.15) is 0 Å². The predicted octanol–water partition coefficient (Wildman–Crippen LogP) is 2.17. The molecular weight excluding hydrogens is 257 g/mol. The van der Waals surface area contributed by atoms with Gasteiger partial charge in [-0.25, -0.2) is 4.39 Å². The van der Waals surface area contributed by atoms with Gasteiger partial charge in [-0.3, -0.25) is 9.69 Å². The molecule has 1 aliphatic rings. The lowest BCUT2D eigenvalue weighted by Gasteiger charge is -2.23. The van der Waals surface area contributed by atoms with E-state index in [0.29, 0.717) is 18.2 Å². The summed E-state index contributed by atoms with van der Waals surface area (Å²) in [5.74, 6) is -0.245. The number of halogens is 1.